The first-order valence-electron chi connectivity index (χ1n) is 6.94. The van der Waals surface area contributed by atoms with Crippen molar-refractivity contribution in [2.24, 2.45) is 5.92 Å². The van der Waals surface area contributed by atoms with Crippen LogP contribution in [-0.2, 0) is 17.9 Å². The van der Waals surface area contributed by atoms with Gasteiger partial charge in [0.05, 0.1) is 18.4 Å². The Kier molecular flexibility index (Phi) is 4.72. The Bertz CT molecular complexity index is 357. The molecule has 0 amide bonds. The van der Waals surface area contributed by atoms with Gasteiger partial charge in [-0.2, -0.15) is 0 Å². The maximum absolute atomic E-state index is 5.76. The van der Waals surface area contributed by atoms with Crippen molar-refractivity contribution in [3.63, 3.8) is 0 Å². The van der Waals surface area contributed by atoms with Crippen LogP contribution in [0.1, 0.15) is 44.9 Å². The van der Waals surface area contributed by atoms with E-state index in [0.29, 0.717) is 12.5 Å². The summed E-state index contributed by atoms with van der Waals surface area (Å²) in [5, 5.41) is 3.49. The monoisotopic (exact) mass is 248 g/mol. The van der Waals surface area contributed by atoms with Gasteiger partial charge in [0.15, 0.2) is 0 Å². The molecule has 1 fully saturated rings. The van der Waals surface area contributed by atoms with Crippen LogP contribution in [0.3, 0.4) is 0 Å². The summed E-state index contributed by atoms with van der Waals surface area (Å²) in [6.07, 6.45) is 4.88. The average molecular weight is 248 g/mol. The van der Waals surface area contributed by atoms with Gasteiger partial charge in [-0.15, -0.1) is 0 Å². The minimum atomic E-state index is 0.281. The molecule has 0 bridgehead atoms. The second-order valence-electron chi connectivity index (χ2n) is 5.57. The summed E-state index contributed by atoms with van der Waals surface area (Å²) in [7, 11) is 0. The molecule has 2 rings (SSSR count). The third-order valence-electron chi connectivity index (χ3n) is 3.49. The van der Waals surface area contributed by atoms with Crippen LogP contribution in [0.2, 0.25) is 0 Å². The Balaban J connectivity index is 1.75. The van der Waals surface area contributed by atoms with Gasteiger partial charge in [0.1, 0.15) is 0 Å². The largest absolute Gasteiger partial charge is 0.372 e. The van der Waals surface area contributed by atoms with Crippen LogP contribution in [-0.4, -0.2) is 17.1 Å². The molecule has 1 N–H and O–H groups in total. The molecule has 100 valence electrons. The molecule has 3 nitrogen and oxygen atoms in total. The zero-order valence-corrected chi connectivity index (χ0v) is 11.6. The van der Waals surface area contributed by atoms with E-state index in [9.17, 15) is 0 Å². The van der Waals surface area contributed by atoms with Crippen LogP contribution in [0.25, 0.3) is 0 Å². The van der Waals surface area contributed by atoms with Crippen LogP contribution in [0, 0.1) is 5.92 Å². The van der Waals surface area contributed by atoms with Gasteiger partial charge in [-0.25, -0.2) is 0 Å². The van der Waals surface area contributed by atoms with Crippen molar-refractivity contribution < 1.29 is 4.74 Å². The smallest absolute Gasteiger partial charge is 0.0891 e. The van der Waals surface area contributed by atoms with Gasteiger partial charge in [-0.05, 0) is 37.3 Å². The van der Waals surface area contributed by atoms with E-state index in [1.54, 1.807) is 0 Å². The minimum absolute atomic E-state index is 0.281. The molecular weight excluding hydrogens is 224 g/mol. The first-order chi connectivity index (χ1) is 8.65. The van der Waals surface area contributed by atoms with Gasteiger partial charge in [0, 0.05) is 18.8 Å². The molecule has 0 spiro atoms. The van der Waals surface area contributed by atoms with Crippen molar-refractivity contribution in [3.8, 4) is 0 Å². The van der Waals surface area contributed by atoms with E-state index in [-0.39, 0.29) is 6.10 Å². The van der Waals surface area contributed by atoms with E-state index in [1.807, 2.05) is 6.20 Å². The van der Waals surface area contributed by atoms with Gasteiger partial charge in [0.2, 0.25) is 0 Å². The highest BCUT2D eigenvalue weighted by Gasteiger charge is 2.19. The van der Waals surface area contributed by atoms with E-state index in [4.69, 9.17) is 4.74 Å². The SMILES string of the molecule is CC(C)C(C)OCc1ccc(CNC2CC2)cn1. The number of hydrogen-bond donors (Lipinski definition) is 1. The Morgan fingerprint density at radius 2 is 2.11 bits per heavy atom. The summed E-state index contributed by atoms with van der Waals surface area (Å²) < 4.78 is 5.76. The normalized spacial score (nSPS) is 17.1. The number of pyridine rings is 1. The van der Waals surface area contributed by atoms with E-state index >= 15 is 0 Å². The Hall–Kier alpha value is -0.930. The van der Waals surface area contributed by atoms with Gasteiger partial charge < -0.3 is 10.1 Å². The third kappa shape index (κ3) is 4.39. The molecule has 0 saturated heterocycles. The van der Waals surface area contributed by atoms with Crippen molar-refractivity contribution in [3.05, 3.63) is 29.6 Å². The van der Waals surface area contributed by atoms with Gasteiger partial charge >= 0.3 is 0 Å². The lowest BCUT2D eigenvalue weighted by atomic mass is 10.1. The summed E-state index contributed by atoms with van der Waals surface area (Å²) in [6.45, 7) is 7.99. The maximum Gasteiger partial charge on any atom is 0.0891 e. The van der Waals surface area contributed by atoms with Crippen molar-refractivity contribution in [1.29, 1.82) is 0 Å². The number of hydrogen-bond acceptors (Lipinski definition) is 3. The van der Waals surface area contributed by atoms with Crippen LogP contribution in [0.4, 0.5) is 0 Å². The molecule has 1 saturated carbocycles. The van der Waals surface area contributed by atoms with Crippen molar-refractivity contribution in [2.45, 2.75) is 58.9 Å². The molecule has 1 aromatic heterocycles. The fourth-order valence-corrected chi connectivity index (χ4v) is 1.60. The number of nitrogens with one attached hydrogen (secondary N) is 1. The lowest BCUT2D eigenvalue weighted by Crippen LogP contribution is -2.16. The molecule has 0 aromatic carbocycles. The quantitative estimate of drug-likeness (QED) is 0.805. The average Bonchev–Trinajstić information content (AvgIpc) is 3.18. The fraction of sp³-hybridized carbons (Fsp3) is 0.667. The Morgan fingerprint density at radius 3 is 2.67 bits per heavy atom. The highest BCUT2D eigenvalue weighted by molar-refractivity contribution is 5.13. The number of aromatic nitrogens is 1. The Morgan fingerprint density at radius 1 is 1.33 bits per heavy atom. The molecule has 1 heterocycles. The molecule has 0 radical (unpaired) electrons. The molecular formula is C15H24N2O. The lowest BCUT2D eigenvalue weighted by molar-refractivity contribution is 0.0218. The molecule has 1 unspecified atom stereocenters. The van der Waals surface area contributed by atoms with Gasteiger partial charge in [-0.1, -0.05) is 19.9 Å². The van der Waals surface area contributed by atoms with Crippen molar-refractivity contribution in [2.75, 3.05) is 0 Å². The highest BCUT2D eigenvalue weighted by Crippen LogP contribution is 2.19. The Labute approximate surface area is 110 Å². The van der Waals surface area contributed by atoms with E-state index in [1.165, 1.54) is 18.4 Å². The highest BCUT2D eigenvalue weighted by atomic mass is 16.5. The standard InChI is InChI=1S/C15H24N2O/c1-11(2)12(3)18-10-15-5-4-13(9-17-15)8-16-14-6-7-14/h4-5,9,11-12,14,16H,6-8,10H2,1-3H3. The first kappa shape index (κ1) is 13.5. The van der Waals surface area contributed by atoms with Crippen molar-refractivity contribution >= 4 is 0 Å². The van der Waals surface area contributed by atoms with E-state index in [2.05, 4.69) is 43.2 Å². The number of ether oxygens (including phenoxy) is 1. The summed E-state index contributed by atoms with van der Waals surface area (Å²) in [5.74, 6) is 0.548. The zero-order valence-electron chi connectivity index (χ0n) is 11.6. The van der Waals surface area contributed by atoms with E-state index in [0.717, 1.165) is 18.3 Å². The van der Waals surface area contributed by atoms with Crippen LogP contribution in [0.5, 0.6) is 0 Å². The first-order valence-corrected chi connectivity index (χ1v) is 6.94. The summed E-state index contributed by atoms with van der Waals surface area (Å²) in [6, 6.07) is 4.96. The molecule has 3 heteroatoms. The summed E-state index contributed by atoms with van der Waals surface area (Å²) in [4.78, 5) is 4.44. The maximum atomic E-state index is 5.76. The van der Waals surface area contributed by atoms with Crippen LogP contribution >= 0.6 is 0 Å². The predicted octanol–water partition coefficient (Wildman–Crippen LogP) is 2.89. The third-order valence-corrected chi connectivity index (χ3v) is 3.49. The van der Waals surface area contributed by atoms with Gasteiger partial charge in [-0.3, -0.25) is 4.98 Å². The summed E-state index contributed by atoms with van der Waals surface area (Å²) >= 11 is 0. The molecule has 1 aromatic rings. The molecule has 0 aliphatic heterocycles. The fourth-order valence-electron chi connectivity index (χ4n) is 1.60. The zero-order chi connectivity index (χ0) is 13.0. The molecule has 1 aliphatic carbocycles. The topological polar surface area (TPSA) is 34.1 Å². The number of rotatable bonds is 7. The van der Waals surface area contributed by atoms with Crippen LogP contribution < -0.4 is 5.32 Å². The summed E-state index contributed by atoms with van der Waals surface area (Å²) in [5.41, 5.74) is 2.26. The van der Waals surface area contributed by atoms with Crippen molar-refractivity contribution in [1.82, 2.24) is 10.3 Å². The molecule has 1 atom stereocenters. The van der Waals surface area contributed by atoms with Crippen LogP contribution in [0.15, 0.2) is 18.3 Å². The lowest BCUT2D eigenvalue weighted by Gasteiger charge is -2.16. The second-order valence-corrected chi connectivity index (χ2v) is 5.57. The minimum Gasteiger partial charge on any atom is -0.372 e. The number of nitrogens with zero attached hydrogens (tertiary/aromatic N) is 1. The molecule has 18 heavy (non-hydrogen) atoms. The van der Waals surface area contributed by atoms with Gasteiger partial charge in [0.25, 0.3) is 0 Å². The second kappa shape index (κ2) is 6.30. The van der Waals surface area contributed by atoms with E-state index < -0.39 is 0 Å². The predicted molar refractivity (Wildman–Crippen MR) is 73.2 cm³/mol. The molecule has 1 aliphatic rings.